The van der Waals surface area contributed by atoms with Crippen molar-refractivity contribution in [2.24, 2.45) is 0 Å². The molecule has 0 fully saturated rings. The summed E-state index contributed by atoms with van der Waals surface area (Å²) in [7, 11) is 0. The molecule has 4 heteroatoms. The molecular formula is C21H17NO3. The number of hydrogen-bond donors (Lipinski definition) is 1. The van der Waals surface area contributed by atoms with Gasteiger partial charge in [0.1, 0.15) is 18.6 Å². The molecule has 1 amide bonds. The maximum Gasteiger partial charge on any atom is 0.255 e. The van der Waals surface area contributed by atoms with Gasteiger partial charge in [-0.25, -0.2) is 0 Å². The molecule has 0 bridgehead atoms. The molecule has 25 heavy (non-hydrogen) atoms. The van der Waals surface area contributed by atoms with E-state index in [1.165, 1.54) is 0 Å². The van der Waals surface area contributed by atoms with E-state index >= 15 is 0 Å². The zero-order valence-electron chi connectivity index (χ0n) is 13.5. The second-order valence-corrected chi connectivity index (χ2v) is 5.50. The van der Waals surface area contributed by atoms with E-state index in [0.717, 1.165) is 17.5 Å². The lowest BCUT2D eigenvalue weighted by atomic mass is 10.1. The third-order valence-corrected chi connectivity index (χ3v) is 3.65. The van der Waals surface area contributed by atoms with Gasteiger partial charge in [-0.1, -0.05) is 42.5 Å². The number of ether oxygens (including phenoxy) is 1. The quantitative estimate of drug-likeness (QED) is 0.684. The molecule has 3 aromatic rings. The summed E-state index contributed by atoms with van der Waals surface area (Å²) < 4.78 is 5.67. The zero-order chi connectivity index (χ0) is 17.5. The Balaban J connectivity index is 1.60. The molecule has 0 aromatic heterocycles. The SMILES string of the molecule is O=Cc1cccc(OCc2ccc(C(=O)Nc3ccccc3)cc2)c1. The van der Waals surface area contributed by atoms with Gasteiger partial charge in [0.05, 0.1) is 0 Å². The minimum Gasteiger partial charge on any atom is -0.489 e. The second-order valence-electron chi connectivity index (χ2n) is 5.50. The number of carbonyl (C=O) groups excluding carboxylic acids is 2. The monoisotopic (exact) mass is 331 g/mol. The highest BCUT2D eigenvalue weighted by molar-refractivity contribution is 6.04. The van der Waals surface area contributed by atoms with E-state index < -0.39 is 0 Å². The van der Waals surface area contributed by atoms with E-state index in [9.17, 15) is 9.59 Å². The minimum atomic E-state index is -0.155. The fraction of sp³-hybridized carbons (Fsp3) is 0.0476. The Hall–Kier alpha value is -3.40. The maximum absolute atomic E-state index is 12.2. The van der Waals surface area contributed by atoms with Crippen LogP contribution in [0.3, 0.4) is 0 Å². The van der Waals surface area contributed by atoms with Gasteiger partial charge < -0.3 is 10.1 Å². The van der Waals surface area contributed by atoms with Crippen LogP contribution in [0.5, 0.6) is 5.75 Å². The van der Waals surface area contributed by atoms with Gasteiger partial charge in [-0.15, -0.1) is 0 Å². The third kappa shape index (κ3) is 4.54. The number of hydrogen-bond acceptors (Lipinski definition) is 3. The van der Waals surface area contributed by atoms with E-state index in [0.29, 0.717) is 23.5 Å². The summed E-state index contributed by atoms with van der Waals surface area (Å²) in [5.74, 6) is 0.479. The number of carbonyl (C=O) groups is 2. The number of benzene rings is 3. The molecule has 0 spiro atoms. The number of nitrogens with one attached hydrogen (secondary N) is 1. The summed E-state index contributed by atoms with van der Waals surface area (Å²) in [5.41, 5.74) is 2.85. The molecule has 3 aromatic carbocycles. The lowest BCUT2D eigenvalue weighted by Crippen LogP contribution is -2.11. The van der Waals surface area contributed by atoms with Crippen LogP contribution in [0.2, 0.25) is 0 Å². The summed E-state index contributed by atoms with van der Waals surface area (Å²) in [5, 5.41) is 2.84. The zero-order valence-corrected chi connectivity index (χ0v) is 13.5. The van der Waals surface area contributed by atoms with E-state index in [4.69, 9.17) is 4.74 Å². The Morgan fingerprint density at radius 1 is 0.920 bits per heavy atom. The molecule has 0 aliphatic rings. The standard InChI is InChI=1S/C21H17NO3/c23-14-17-5-4-8-20(13-17)25-15-16-9-11-18(12-10-16)21(24)22-19-6-2-1-3-7-19/h1-14H,15H2,(H,22,24). The van der Waals surface area contributed by atoms with Crippen molar-refractivity contribution < 1.29 is 14.3 Å². The molecule has 4 nitrogen and oxygen atoms in total. The van der Waals surface area contributed by atoms with Crippen LogP contribution in [0.15, 0.2) is 78.9 Å². The van der Waals surface area contributed by atoms with Gasteiger partial charge in [0.2, 0.25) is 0 Å². The molecule has 0 atom stereocenters. The molecule has 1 N–H and O–H groups in total. The van der Waals surface area contributed by atoms with Crippen LogP contribution >= 0.6 is 0 Å². The Bertz CT molecular complexity index is 858. The van der Waals surface area contributed by atoms with Crippen molar-refractivity contribution in [1.29, 1.82) is 0 Å². The molecule has 0 saturated carbocycles. The lowest BCUT2D eigenvalue weighted by Gasteiger charge is -2.08. The number of anilines is 1. The van der Waals surface area contributed by atoms with Crippen molar-refractivity contribution in [3.8, 4) is 5.75 Å². The first-order valence-corrected chi connectivity index (χ1v) is 7.88. The molecule has 3 rings (SSSR count). The highest BCUT2D eigenvalue weighted by Crippen LogP contribution is 2.15. The van der Waals surface area contributed by atoms with Crippen LogP contribution in [0, 0.1) is 0 Å². The first kappa shape index (κ1) is 16.5. The van der Waals surface area contributed by atoms with Gasteiger partial charge in [0.25, 0.3) is 5.91 Å². The first-order valence-electron chi connectivity index (χ1n) is 7.88. The molecular weight excluding hydrogens is 314 g/mol. The topological polar surface area (TPSA) is 55.4 Å². The number of rotatable bonds is 6. The van der Waals surface area contributed by atoms with Crippen molar-refractivity contribution in [3.63, 3.8) is 0 Å². The van der Waals surface area contributed by atoms with Crippen molar-refractivity contribution in [3.05, 3.63) is 95.6 Å². The van der Waals surface area contributed by atoms with E-state index in [1.807, 2.05) is 42.5 Å². The van der Waals surface area contributed by atoms with E-state index in [-0.39, 0.29) is 5.91 Å². The average Bonchev–Trinajstić information content (AvgIpc) is 2.67. The van der Waals surface area contributed by atoms with Crippen LogP contribution in [-0.4, -0.2) is 12.2 Å². The lowest BCUT2D eigenvalue weighted by molar-refractivity contribution is 0.102. The van der Waals surface area contributed by atoms with Crippen molar-refractivity contribution in [1.82, 2.24) is 0 Å². The Labute approximate surface area is 146 Å². The smallest absolute Gasteiger partial charge is 0.255 e. The molecule has 0 saturated heterocycles. The van der Waals surface area contributed by atoms with Gasteiger partial charge in [-0.05, 0) is 42.0 Å². The summed E-state index contributed by atoms with van der Waals surface area (Å²) in [6, 6.07) is 23.5. The number of para-hydroxylation sites is 1. The predicted octanol–water partition coefficient (Wildman–Crippen LogP) is 4.33. The Kier molecular flexibility index (Phi) is 5.22. The highest BCUT2D eigenvalue weighted by atomic mass is 16.5. The number of aldehydes is 1. The van der Waals surface area contributed by atoms with Gasteiger partial charge in [0, 0.05) is 16.8 Å². The van der Waals surface area contributed by atoms with E-state index in [2.05, 4.69) is 5.32 Å². The summed E-state index contributed by atoms with van der Waals surface area (Å²) in [6.45, 7) is 0.364. The van der Waals surface area contributed by atoms with Crippen LogP contribution in [-0.2, 0) is 6.61 Å². The van der Waals surface area contributed by atoms with Crippen molar-refractivity contribution >= 4 is 17.9 Å². The van der Waals surface area contributed by atoms with E-state index in [1.54, 1.807) is 36.4 Å². The Morgan fingerprint density at radius 3 is 2.40 bits per heavy atom. The van der Waals surface area contributed by atoms with Gasteiger partial charge in [-0.3, -0.25) is 9.59 Å². The molecule has 0 heterocycles. The predicted molar refractivity (Wildman–Crippen MR) is 97.0 cm³/mol. The molecule has 0 radical (unpaired) electrons. The number of amides is 1. The fourth-order valence-electron chi connectivity index (χ4n) is 2.32. The molecule has 124 valence electrons. The second kappa shape index (κ2) is 7.93. The molecule has 0 aliphatic carbocycles. The van der Waals surface area contributed by atoms with Gasteiger partial charge >= 0.3 is 0 Å². The fourth-order valence-corrected chi connectivity index (χ4v) is 2.32. The average molecular weight is 331 g/mol. The first-order chi connectivity index (χ1) is 12.2. The summed E-state index contributed by atoms with van der Waals surface area (Å²) in [4.78, 5) is 23.0. The maximum atomic E-state index is 12.2. The third-order valence-electron chi connectivity index (χ3n) is 3.65. The Morgan fingerprint density at radius 2 is 1.68 bits per heavy atom. The summed E-state index contributed by atoms with van der Waals surface area (Å²) in [6.07, 6.45) is 0.785. The van der Waals surface area contributed by atoms with Crippen LogP contribution < -0.4 is 10.1 Å². The minimum absolute atomic E-state index is 0.155. The van der Waals surface area contributed by atoms with Crippen LogP contribution in [0.4, 0.5) is 5.69 Å². The van der Waals surface area contributed by atoms with Gasteiger partial charge in [0.15, 0.2) is 0 Å². The highest BCUT2D eigenvalue weighted by Gasteiger charge is 2.06. The molecule has 0 aliphatic heterocycles. The van der Waals surface area contributed by atoms with Crippen molar-refractivity contribution in [2.75, 3.05) is 5.32 Å². The normalized spacial score (nSPS) is 10.1. The largest absolute Gasteiger partial charge is 0.489 e. The summed E-state index contributed by atoms with van der Waals surface area (Å²) >= 11 is 0. The van der Waals surface area contributed by atoms with Crippen molar-refractivity contribution in [2.45, 2.75) is 6.61 Å². The van der Waals surface area contributed by atoms with Crippen LogP contribution in [0.1, 0.15) is 26.3 Å². The molecule has 0 unspecified atom stereocenters. The van der Waals surface area contributed by atoms with Crippen LogP contribution in [0.25, 0.3) is 0 Å². The van der Waals surface area contributed by atoms with Gasteiger partial charge in [-0.2, -0.15) is 0 Å².